The van der Waals surface area contributed by atoms with Crippen molar-refractivity contribution in [2.45, 2.75) is 33.2 Å². The molecular formula is C11H15N3S. The highest BCUT2D eigenvalue weighted by Gasteiger charge is 2.19. The smallest absolute Gasteiger partial charge is 0.194 e. The van der Waals surface area contributed by atoms with E-state index in [4.69, 9.17) is 0 Å². The van der Waals surface area contributed by atoms with E-state index < -0.39 is 0 Å². The Labute approximate surface area is 93.1 Å². The maximum absolute atomic E-state index is 4.69. The van der Waals surface area contributed by atoms with Gasteiger partial charge in [0.1, 0.15) is 0 Å². The van der Waals surface area contributed by atoms with Crippen LogP contribution in [0.2, 0.25) is 0 Å². The van der Waals surface area contributed by atoms with Crippen molar-refractivity contribution in [2.24, 2.45) is 0 Å². The number of thiazole rings is 1. The van der Waals surface area contributed by atoms with Gasteiger partial charge < -0.3 is 5.32 Å². The van der Waals surface area contributed by atoms with Crippen LogP contribution in [0.25, 0.3) is 4.96 Å². The predicted molar refractivity (Wildman–Crippen MR) is 62.6 cm³/mol. The summed E-state index contributed by atoms with van der Waals surface area (Å²) in [7, 11) is 0. The first-order chi connectivity index (χ1) is 7.31. The van der Waals surface area contributed by atoms with Gasteiger partial charge in [-0.15, -0.1) is 0 Å². The maximum atomic E-state index is 4.69. The molecule has 0 spiro atoms. The molecular weight excluding hydrogens is 206 g/mol. The average Bonchev–Trinajstić information content (AvgIpc) is 2.75. The zero-order chi connectivity index (χ0) is 10.4. The summed E-state index contributed by atoms with van der Waals surface area (Å²) in [5.74, 6) is 0. The van der Waals surface area contributed by atoms with Crippen LogP contribution >= 0.6 is 11.3 Å². The highest BCUT2D eigenvalue weighted by molar-refractivity contribution is 7.17. The maximum Gasteiger partial charge on any atom is 0.194 e. The van der Waals surface area contributed by atoms with Crippen LogP contribution in [0.3, 0.4) is 0 Å². The summed E-state index contributed by atoms with van der Waals surface area (Å²) in [5, 5.41) is 3.41. The van der Waals surface area contributed by atoms with Gasteiger partial charge >= 0.3 is 0 Å². The number of hydrogen-bond donors (Lipinski definition) is 1. The van der Waals surface area contributed by atoms with Crippen molar-refractivity contribution in [3.05, 3.63) is 22.0 Å². The van der Waals surface area contributed by atoms with Gasteiger partial charge in [0.25, 0.3) is 0 Å². The summed E-state index contributed by atoms with van der Waals surface area (Å²) in [6, 6.07) is 0. The van der Waals surface area contributed by atoms with Crippen molar-refractivity contribution in [3.63, 3.8) is 0 Å². The molecule has 0 atom stereocenters. The van der Waals surface area contributed by atoms with Crippen LogP contribution in [0.5, 0.6) is 0 Å². The fourth-order valence-corrected chi connectivity index (χ4v) is 3.53. The highest BCUT2D eigenvalue weighted by atomic mass is 32.1. The fraction of sp³-hybridized carbons (Fsp3) is 0.545. The molecule has 1 aliphatic heterocycles. The lowest BCUT2D eigenvalue weighted by Crippen LogP contribution is -2.23. The van der Waals surface area contributed by atoms with Crippen molar-refractivity contribution in [1.29, 1.82) is 0 Å². The molecule has 0 aromatic carbocycles. The quantitative estimate of drug-likeness (QED) is 0.797. The van der Waals surface area contributed by atoms with E-state index in [2.05, 4.69) is 28.5 Å². The first-order valence-electron chi connectivity index (χ1n) is 5.50. The van der Waals surface area contributed by atoms with Crippen molar-refractivity contribution in [3.8, 4) is 0 Å². The van der Waals surface area contributed by atoms with Crippen LogP contribution in [0.1, 0.15) is 28.9 Å². The topological polar surface area (TPSA) is 29.3 Å². The van der Waals surface area contributed by atoms with Crippen molar-refractivity contribution < 1.29 is 0 Å². The lowest BCUT2D eigenvalue weighted by Gasteiger charge is -2.12. The molecule has 0 saturated heterocycles. The third-order valence-corrected chi connectivity index (χ3v) is 4.22. The molecule has 4 heteroatoms. The molecule has 3 heterocycles. The van der Waals surface area contributed by atoms with E-state index in [1.54, 1.807) is 0 Å². The Bertz CT molecular complexity index is 509. The minimum absolute atomic E-state index is 1.02. The zero-order valence-electron chi connectivity index (χ0n) is 9.13. The van der Waals surface area contributed by atoms with E-state index in [0.29, 0.717) is 0 Å². The summed E-state index contributed by atoms with van der Waals surface area (Å²) in [6.07, 6.45) is 2.17. The molecule has 1 N–H and O–H groups in total. The molecule has 2 aromatic rings. The van der Waals surface area contributed by atoms with E-state index in [1.807, 2.05) is 11.3 Å². The fourth-order valence-electron chi connectivity index (χ4n) is 2.33. The largest absolute Gasteiger partial charge is 0.311 e. The molecule has 15 heavy (non-hydrogen) atoms. The Morgan fingerprint density at radius 1 is 1.53 bits per heavy atom. The molecule has 0 saturated carbocycles. The molecule has 0 radical (unpaired) electrons. The van der Waals surface area contributed by atoms with Gasteiger partial charge in [0.15, 0.2) is 4.96 Å². The summed E-state index contributed by atoms with van der Waals surface area (Å²) < 4.78 is 2.36. The van der Waals surface area contributed by atoms with Gasteiger partial charge in [0.05, 0.1) is 5.69 Å². The van der Waals surface area contributed by atoms with Gasteiger partial charge in [0, 0.05) is 35.8 Å². The molecule has 3 nitrogen and oxygen atoms in total. The number of fused-ring (bicyclic) bond motifs is 3. The first-order valence-corrected chi connectivity index (χ1v) is 6.32. The number of hydrogen-bond acceptors (Lipinski definition) is 3. The molecule has 0 unspecified atom stereocenters. The second-order valence-corrected chi connectivity index (χ2v) is 5.08. The van der Waals surface area contributed by atoms with Gasteiger partial charge in [0.2, 0.25) is 0 Å². The second kappa shape index (κ2) is 3.32. The molecule has 0 amide bonds. The number of nitrogens with zero attached hydrogens (tertiary/aromatic N) is 2. The molecule has 0 fully saturated rings. The Kier molecular flexibility index (Phi) is 2.07. The first kappa shape index (κ1) is 9.36. The minimum Gasteiger partial charge on any atom is -0.311 e. The molecule has 0 bridgehead atoms. The Balaban J connectivity index is 2.28. The normalized spacial score (nSPS) is 15.9. The van der Waals surface area contributed by atoms with E-state index in [-0.39, 0.29) is 0 Å². The monoisotopic (exact) mass is 221 g/mol. The average molecular weight is 221 g/mol. The lowest BCUT2D eigenvalue weighted by molar-refractivity contribution is 0.636. The number of rotatable bonds is 1. The number of imidazole rings is 1. The van der Waals surface area contributed by atoms with Crippen LogP contribution in [0, 0.1) is 6.92 Å². The molecule has 3 rings (SSSR count). The summed E-state index contributed by atoms with van der Waals surface area (Å²) >= 11 is 1.84. The highest BCUT2D eigenvalue weighted by Crippen LogP contribution is 2.28. The Morgan fingerprint density at radius 2 is 2.40 bits per heavy atom. The Hall–Kier alpha value is -0.870. The van der Waals surface area contributed by atoms with Gasteiger partial charge in [-0.25, -0.2) is 4.98 Å². The third kappa shape index (κ3) is 1.25. The molecule has 0 aliphatic carbocycles. The van der Waals surface area contributed by atoms with E-state index in [1.165, 1.54) is 26.9 Å². The molecule has 1 aliphatic rings. The van der Waals surface area contributed by atoms with E-state index in [0.717, 1.165) is 25.9 Å². The third-order valence-electron chi connectivity index (χ3n) is 3.14. The van der Waals surface area contributed by atoms with E-state index in [9.17, 15) is 0 Å². The van der Waals surface area contributed by atoms with Crippen molar-refractivity contribution >= 4 is 16.3 Å². The summed E-state index contributed by atoms with van der Waals surface area (Å²) in [5.41, 5.74) is 4.08. The standard InChI is InChI=1S/C11H15N3S/c1-3-8-7(2)14-9-4-5-12-6-10(9)15-11(14)13-8/h12H,3-6H2,1-2H3. The van der Waals surface area contributed by atoms with Crippen LogP contribution in [-0.2, 0) is 19.4 Å². The zero-order valence-corrected chi connectivity index (χ0v) is 9.95. The SMILES string of the molecule is CCc1nc2sc3c(n2c1C)CCNC3. The van der Waals surface area contributed by atoms with Crippen LogP contribution in [-0.4, -0.2) is 15.9 Å². The Morgan fingerprint density at radius 3 is 3.20 bits per heavy atom. The summed E-state index contributed by atoms with van der Waals surface area (Å²) in [4.78, 5) is 7.34. The number of aromatic nitrogens is 2. The van der Waals surface area contributed by atoms with E-state index >= 15 is 0 Å². The minimum atomic E-state index is 1.02. The van der Waals surface area contributed by atoms with Gasteiger partial charge in [-0.1, -0.05) is 18.3 Å². The second-order valence-electron chi connectivity index (χ2n) is 4.01. The molecule has 80 valence electrons. The van der Waals surface area contributed by atoms with Gasteiger partial charge in [-0.3, -0.25) is 4.40 Å². The summed E-state index contributed by atoms with van der Waals surface area (Å²) in [6.45, 7) is 6.48. The number of aryl methyl sites for hydroxylation is 2. The molecule has 2 aromatic heterocycles. The van der Waals surface area contributed by atoms with Crippen LogP contribution < -0.4 is 5.32 Å². The van der Waals surface area contributed by atoms with Gasteiger partial charge in [-0.2, -0.15) is 0 Å². The van der Waals surface area contributed by atoms with Crippen molar-refractivity contribution in [1.82, 2.24) is 14.7 Å². The number of nitrogens with one attached hydrogen (secondary N) is 1. The lowest BCUT2D eigenvalue weighted by atomic mass is 10.2. The van der Waals surface area contributed by atoms with Crippen molar-refractivity contribution in [2.75, 3.05) is 6.54 Å². The van der Waals surface area contributed by atoms with Crippen LogP contribution in [0.15, 0.2) is 0 Å². The predicted octanol–water partition coefficient (Wildman–Crippen LogP) is 1.91. The van der Waals surface area contributed by atoms with Crippen LogP contribution in [0.4, 0.5) is 0 Å². The van der Waals surface area contributed by atoms with Gasteiger partial charge in [-0.05, 0) is 13.3 Å².